The number of imidazole rings is 2. The number of fused-ring (bicyclic) bond motifs is 10. The molecule has 7 heteroatoms. The molecule has 12 aromatic rings. The minimum atomic E-state index is 0.646. The lowest BCUT2D eigenvalue weighted by molar-refractivity contribution is 0.667. The van der Waals surface area contributed by atoms with Gasteiger partial charge in [0.2, 0.25) is 5.78 Å². The second-order valence-corrected chi connectivity index (χ2v) is 14.1. The average molecular weight is 719 g/mol. The molecule has 0 N–H and O–H groups in total. The van der Waals surface area contributed by atoms with E-state index in [1.165, 1.54) is 0 Å². The van der Waals surface area contributed by atoms with Crippen molar-refractivity contribution >= 4 is 60.9 Å². The van der Waals surface area contributed by atoms with Crippen LogP contribution in [0.15, 0.2) is 186 Å². The molecule has 12 rings (SSSR count). The molecule has 7 aromatic carbocycles. The van der Waals surface area contributed by atoms with Gasteiger partial charge in [-0.15, -0.1) is 0 Å². The first-order chi connectivity index (χ1) is 27.8. The minimum Gasteiger partial charge on any atom is -0.452 e. The van der Waals surface area contributed by atoms with Crippen LogP contribution in [0.4, 0.5) is 0 Å². The van der Waals surface area contributed by atoms with Crippen LogP contribution in [0, 0.1) is 0 Å². The Balaban J connectivity index is 1.08. The number of para-hydroxylation sites is 4. The van der Waals surface area contributed by atoms with E-state index in [0.717, 1.165) is 94.7 Å². The molecular weight excluding hydrogens is 689 g/mol. The van der Waals surface area contributed by atoms with Gasteiger partial charge in [0.05, 0.1) is 16.6 Å². The van der Waals surface area contributed by atoms with E-state index in [1.807, 2.05) is 36.4 Å². The molecule has 0 unspecified atom stereocenters. The molecule has 0 aliphatic heterocycles. The van der Waals surface area contributed by atoms with Crippen molar-refractivity contribution in [2.75, 3.05) is 0 Å². The van der Waals surface area contributed by atoms with Crippen LogP contribution in [-0.4, -0.2) is 28.5 Å². The minimum absolute atomic E-state index is 0.646. The molecule has 0 aliphatic rings. The predicted octanol–water partition coefficient (Wildman–Crippen LogP) is 12.1. The maximum atomic E-state index is 6.37. The van der Waals surface area contributed by atoms with Crippen LogP contribution in [0.5, 0.6) is 0 Å². The van der Waals surface area contributed by atoms with Gasteiger partial charge < -0.3 is 4.42 Å². The largest absolute Gasteiger partial charge is 0.452 e. The van der Waals surface area contributed by atoms with Crippen molar-refractivity contribution in [3.63, 3.8) is 0 Å². The molecule has 0 bridgehead atoms. The molecule has 0 fully saturated rings. The van der Waals surface area contributed by atoms with E-state index in [4.69, 9.17) is 19.4 Å². The summed E-state index contributed by atoms with van der Waals surface area (Å²) in [7, 11) is 0. The van der Waals surface area contributed by atoms with E-state index < -0.39 is 0 Å². The van der Waals surface area contributed by atoms with Crippen molar-refractivity contribution in [2.45, 2.75) is 0 Å². The van der Waals surface area contributed by atoms with Gasteiger partial charge >= 0.3 is 0 Å². The average Bonchev–Trinajstić information content (AvgIpc) is 4.00. The number of furan rings is 1. The molecule has 56 heavy (non-hydrogen) atoms. The van der Waals surface area contributed by atoms with Crippen molar-refractivity contribution in [1.82, 2.24) is 28.5 Å². The number of benzene rings is 7. The lowest BCUT2D eigenvalue weighted by Gasteiger charge is -2.09. The molecule has 0 radical (unpaired) electrons. The first-order valence-corrected chi connectivity index (χ1v) is 18.7. The highest BCUT2D eigenvalue weighted by molar-refractivity contribution is 6.09. The Labute approximate surface area is 320 Å². The number of hydrogen-bond acceptors (Lipinski definition) is 4. The molecule has 7 nitrogen and oxygen atoms in total. The number of aromatic nitrogens is 6. The highest BCUT2D eigenvalue weighted by Gasteiger charge is 2.24. The predicted molar refractivity (Wildman–Crippen MR) is 226 cm³/mol. The first-order valence-electron chi connectivity index (χ1n) is 18.7. The zero-order chi connectivity index (χ0) is 36.7. The summed E-state index contributed by atoms with van der Waals surface area (Å²) in [6.07, 6.45) is 0. The van der Waals surface area contributed by atoms with Crippen LogP contribution in [0.1, 0.15) is 0 Å². The third kappa shape index (κ3) is 4.48. The molecule has 0 atom stereocenters. The first kappa shape index (κ1) is 30.7. The summed E-state index contributed by atoms with van der Waals surface area (Å²) in [6, 6.07) is 63.1. The van der Waals surface area contributed by atoms with Gasteiger partial charge in [-0.2, -0.15) is 0 Å². The molecule has 5 heterocycles. The van der Waals surface area contributed by atoms with Crippen LogP contribution in [-0.2, 0) is 0 Å². The third-order valence-electron chi connectivity index (χ3n) is 10.9. The molecule has 5 aromatic heterocycles. The van der Waals surface area contributed by atoms with Crippen molar-refractivity contribution < 1.29 is 4.42 Å². The van der Waals surface area contributed by atoms with E-state index in [1.54, 1.807) is 0 Å². The van der Waals surface area contributed by atoms with Crippen LogP contribution in [0.2, 0.25) is 0 Å². The Hall–Kier alpha value is -7.77. The Kier molecular flexibility index (Phi) is 6.50. The van der Waals surface area contributed by atoms with E-state index in [-0.39, 0.29) is 0 Å². The quantitative estimate of drug-likeness (QED) is 0.178. The van der Waals surface area contributed by atoms with Crippen molar-refractivity contribution in [3.05, 3.63) is 182 Å². The standard InChI is InChI=1S/C49H30N6O/c1-4-15-31(16-5-1)43-46-44(38-24-11-13-26-42(38)56-46)51-47(50-43)34-18-14-17-32(29-34)33-27-28-40-41(30-33)54(36-21-8-3-9-22-36)49-52-45-37-23-10-12-25-39(37)53(48(45)55(40)49)35-19-6-2-7-20-35/h1-30H. The van der Waals surface area contributed by atoms with Crippen molar-refractivity contribution in [2.24, 2.45) is 0 Å². The number of rotatable bonds is 5. The summed E-state index contributed by atoms with van der Waals surface area (Å²) in [5.41, 5.74) is 14.5. The van der Waals surface area contributed by atoms with Crippen LogP contribution in [0.25, 0.3) is 106 Å². The number of nitrogens with zero attached hydrogens (tertiary/aromatic N) is 6. The van der Waals surface area contributed by atoms with Gasteiger partial charge in [0, 0.05) is 33.3 Å². The maximum Gasteiger partial charge on any atom is 0.221 e. The molecule has 0 saturated heterocycles. The second-order valence-electron chi connectivity index (χ2n) is 14.1. The summed E-state index contributed by atoms with van der Waals surface area (Å²) < 4.78 is 13.3. The van der Waals surface area contributed by atoms with Gasteiger partial charge in [-0.25, -0.2) is 15.0 Å². The smallest absolute Gasteiger partial charge is 0.221 e. The maximum absolute atomic E-state index is 6.37. The molecule has 0 saturated carbocycles. The highest BCUT2D eigenvalue weighted by Crippen LogP contribution is 2.39. The van der Waals surface area contributed by atoms with Crippen LogP contribution in [0.3, 0.4) is 0 Å². The van der Waals surface area contributed by atoms with E-state index in [0.29, 0.717) is 11.4 Å². The van der Waals surface area contributed by atoms with Gasteiger partial charge in [-0.3, -0.25) is 13.5 Å². The topological polar surface area (TPSA) is 66.1 Å². The molecule has 0 spiro atoms. The third-order valence-corrected chi connectivity index (χ3v) is 10.9. The molecule has 0 amide bonds. The van der Waals surface area contributed by atoms with E-state index in [9.17, 15) is 0 Å². The fourth-order valence-electron chi connectivity index (χ4n) is 8.34. The Morgan fingerprint density at radius 2 is 1.05 bits per heavy atom. The fourth-order valence-corrected chi connectivity index (χ4v) is 8.34. The summed E-state index contributed by atoms with van der Waals surface area (Å²) >= 11 is 0. The van der Waals surface area contributed by atoms with E-state index in [2.05, 4.69) is 159 Å². The SMILES string of the molecule is c1ccc(-c2nc(-c3cccc(-c4ccc5c(c4)n(-c4ccccc4)c4nc6c7ccccc7n(-c7ccccc7)c6n54)c3)nc3c2oc2ccccc23)cc1. The Bertz CT molecular complexity index is 3470. The summed E-state index contributed by atoms with van der Waals surface area (Å²) in [5, 5.41) is 2.09. The lowest BCUT2D eigenvalue weighted by atomic mass is 10.0. The Morgan fingerprint density at radius 1 is 0.411 bits per heavy atom. The van der Waals surface area contributed by atoms with Gasteiger partial charge in [-0.05, 0) is 71.8 Å². The zero-order valence-corrected chi connectivity index (χ0v) is 29.9. The molecular formula is C49H30N6O. The number of hydrogen-bond donors (Lipinski definition) is 0. The molecule has 0 aliphatic carbocycles. The van der Waals surface area contributed by atoms with E-state index >= 15 is 0 Å². The van der Waals surface area contributed by atoms with Gasteiger partial charge in [0.25, 0.3) is 0 Å². The summed E-state index contributed by atoms with van der Waals surface area (Å²) in [6.45, 7) is 0. The normalized spacial score (nSPS) is 11.9. The van der Waals surface area contributed by atoms with Gasteiger partial charge in [0.1, 0.15) is 22.3 Å². The monoisotopic (exact) mass is 718 g/mol. The summed E-state index contributed by atoms with van der Waals surface area (Å²) in [4.78, 5) is 15.7. The van der Waals surface area contributed by atoms with Gasteiger partial charge in [0.15, 0.2) is 17.1 Å². The van der Waals surface area contributed by atoms with Crippen LogP contribution < -0.4 is 0 Å². The van der Waals surface area contributed by atoms with Crippen molar-refractivity contribution in [3.8, 4) is 45.1 Å². The highest BCUT2D eigenvalue weighted by atomic mass is 16.3. The lowest BCUT2D eigenvalue weighted by Crippen LogP contribution is -1.97. The zero-order valence-electron chi connectivity index (χ0n) is 29.9. The van der Waals surface area contributed by atoms with Gasteiger partial charge in [-0.1, -0.05) is 121 Å². The molecule has 262 valence electrons. The second kappa shape index (κ2) is 11.9. The fraction of sp³-hybridized carbons (Fsp3) is 0. The summed E-state index contributed by atoms with van der Waals surface area (Å²) in [5.74, 6) is 1.51. The van der Waals surface area contributed by atoms with Crippen molar-refractivity contribution in [1.29, 1.82) is 0 Å². The van der Waals surface area contributed by atoms with Crippen LogP contribution >= 0.6 is 0 Å². The Morgan fingerprint density at radius 3 is 1.86 bits per heavy atom.